The molecule has 0 spiro atoms. The largest absolute Gasteiger partial charge is 0.477 e. The van der Waals surface area contributed by atoms with Crippen LogP contribution in [0.1, 0.15) is 31.4 Å². The van der Waals surface area contributed by atoms with Crippen molar-refractivity contribution >= 4 is 85.1 Å². The smallest absolute Gasteiger partial charge is 0.352 e. The summed E-state index contributed by atoms with van der Waals surface area (Å²) in [7, 11) is 0. The number of nitrogen functional groups attached to an aromatic ring is 1. The number of anilines is 1. The first-order valence-corrected chi connectivity index (χ1v) is 16.4. The third kappa shape index (κ3) is 5.58. The Labute approximate surface area is 254 Å². The number of nitrogens with zero attached hydrogens (tertiary/aromatic N) is 3. The Hall–Kier alpha value is -3.60. The fourth-order valence-electron chi connectivity index (χ4n) is 4.81. The molecule has 2 aliphatic heterocycles. The van der Waals surface area contributed by atoms with E-state index in [0.717, 1.165) is 41.7 Å². The van der Waals surface area contributed by atoms with Crippen molar-refractivity contribution in [2.45, 2.75) is 47.4 Å². The Kier molecular flexibility index (Phi) is 8.11. The summed E-state index contributed by atoms with van der Waals surface area (Å²) in [6.45, 7) is 0. The first kappa shape index (κ1) is 28.5. The normalized spacial score (nSPS) is 21.2. The molecule has 12 nitrogen and oxygen atoms in total. The topological polar surface area (TPSA) is 177 Å². The average Bonchev–Trinajstić information content (AvgIpc) is 3.74. The van der Waals surface area contributed by atoms with Crippen molar-refractivity contribution in [3.63, 3.8) is 0 Å². The van der Waals surface area contributed by atoms with Crippen LogP contribution in [0, 0.1) is 0 Å². The number of aromatic nitrogens is 1. The van der Waals surface area contributed by atoms with Gasteiger partial charge in [0.05, 0.1) is 15.2 Å². The van der Waals surface area contributed by atoms with Gasteiger partial charge in [0.15, 0.2) is 16.4 Å². The van der Waals surface area contributed by atoms with E-state index >= 15 is 0 Å². The molecule has 1 aliphatic carbocycles. The number of carboxylic acid groups (broad SMARTS) is 1. The zero-order valence-corrected chi connectivity index (χ0v) is 24.9. The molecule has 3 aromatic rings. The van der Waals surface area contributed by atoms with E-state index in [9.17, 15) is 24.3 Å². The Bertz CT molecular complexity index is 1720. The van der Waals surface area contributed by atoms with Crippen LogP contribution in [0.2, 0.25) is 0 Å². The second-order valence-corrected chi connectivity index (χ2v) is 13.8. The summed E-state index contributed by atoms with van der Waals surface area (Å²) in [5, 5.41) is 19.7. The Morgan fingerprint density at radius 2 is 2.12 bits per heavy atom. The Balaban J connectivity index is 1.17. The van der Waals surface area contributed by atoms with Gasteiger partial charge in [0.25, 0.3) is 11.8 Å². The summed E-state index contributed by atoms with van der Waals surface area (Å²) < 4.78 is 6.62. The molecule has 16 heteroatoms. The van der Waals surface area contributed by atoms with Crippen LogP contribution in [0.3, 0.4) is 0 Å². The van der Waals surface area contributed by atoms with Crippen LogP contribution >= 0.6 is 46.2 Å². The Morgan fingerprint density at radius 1 is 1.31 bits per heavy atom. The zero-order valence-electron chi connectivity index (χ0n) is 21.7. The lowest BCUT2D eigenvalue weighted by molar-refractivity contribution is -0.150. The van der Waals surface area contributed by atoms with Gasteiger partial charge in [-0.25, -0.2) is 9.78 Å². The number of thiazole rings is 1. The zero-order chi connectivity index (χ0) is 29.4. The van der Waals surface area contributed by atoms with Gasteiger partial charge >= 0.3 is 5.97 Å². The van der Waals surface area contributed by atoms with Crippen LogP contribution in [0.4, 0.5) is 5.13 Å². The number of carbonyl (C=O) groups is 3. The molecule has 1 saturated heterocycles. The number of oxime groups is 1. The van der Waals surface area contributed by atoms with E-state index in [4.69, 9.17) is 15.0 Å². The van der Waals surface area contributed by atoms with E-state index in [2.05, 4.69) is 15.5 Å². The SMILES string of the molecule is Nc1nc(C(=NOC2CCCC2)C(=O)NC2C(=O)N3C(C(=O)O)=C(C=CSc4cc(=O)c5occc5s4)CS[C@H]23)cs1. The van der Waals surface area contributed by atoms with E-state index in [-0.39, 0.29) is 33.8 Å². The van der Waals surface area contributed by atoms with E-state index in [0.29, 0.717) is 21.1 Å². The van der Waals surface area contributed by atoms with E-state index < -0.39 is 29.2 Å². The molecule has 4 N–H and O–H groups in total. The molecule has 1 unspecified atom stereocenters. The molecule has 6 rings (SSSR count). The monoisotopic (exact) mass is 645 g/mol. The molecule has 0 bridgehead atoms. The molecule has 2 fully saturated rings. The van der Waals surface area contributed by atoms with Gasteiger partial charge in [-0.2, -0.15) is 0 Å². The molecule has 5 heterocycles. The molecule has 218 valence electrons. The minimum atomic E-state index is -1.25. The van der Waals surface area contributed by atoms with E-state index in [1.807, 2.05) is 0 Å². The van der Waals surface area contributed by atoms with Crippen molar-refractivity contribution in [3.8, 4) is 0 Å². The number of hydrogen-bond donors (Lipinski definition) is 3. The van der Waals surface area contributed by atoms with Crippen LogP contribution in [0.5, 0.6) is 0 Å². The quantitative estimate of drug-likeness (QED) is 0.134. The number of carboxylic acids is 1. The van der Waals surface area contributed by atoms with Crippen molar-refractivity contribution in [1.82, 2.24) is 15.2 Å². The molecule has 42 heavy (non-hydrogen) atoms. The van der Waals surface area contributed by atoms with E-state index in [1.165, 1.54) is 52.1 Å². The number of carbonyl (C=O) groups excluding carboxylic acids is 2. The third-order valence-electron chi connectivity index (χ3n) is 6.83. The first-order chi connectivity index (χ1) is 20.3. The summed E-state index contributed by atoms with van der Waals surface area (Å²) in [5.74, 6) is -2.16. The maximum absolute atomic E-state index is 13.3. The van der Waals surface area contributed by atoms with Crippen molar-refractivity contribution in [3.05, 3.63) is 62.4 Å². The molecule has 2 amide bonds. The average molecular weight is 646 g/mol. The highest BCUT2D eigenvalue weighted by Gasteiger charge is 2.54. The first-order valence-electron chi connectivity index (χ1n) is 12.8. The molecule has 3 aliphatic rings. The molecule has 3 aromatic heterocycles. The molecule has 0 radical (unpaired) electrons. The minimum Gasteiger partial charge on any atom is -0.477 e. The summed E-state index contributed by atoms with van der Waals surface area (Å²) in [6, 6.07) is 2.22. The van der Waals surface area contributed by atoms with Crippen molar-refractivity contribution < 1.29 is 28.7 Å². The number of thioether (sulfide) groups is 2. The number of aliphatic carboxylic acids is 1. The molecular formula is C26H23N5O7S4. The highest BCUT2D eigenvalue weighted by atomic mass is 32.2. The lowest BCUT2D eigenvalue weighted by Gasteiger charge is -2.49. The standard InChI is InChI=1S/C26H23N5O7S4/c27-26-28-14(11-41-26)18(30-38-13-3-1-2-4-13)22(33)29-19-23(34)31-20(25(35)36)12(10-40-24(19)31)6-8-39-17-9-15(32)21-16(42-17)5-7-37-21/h5-9,11,13,19,24H,1-4,10H2,(H2,27,28)(H,29,33)(H,35,36)/t19?,24-/m1/s1. The molecule has 0 aromatic carbocycles. The van der Waals surface area contributed by atoms with Crippen LogP contribution in [-0.2, 0) is 19.2 Å². The maximum atomic E-state index is 13.3. The fraction of sp³-hybridized carbons (Fsp3) is 0.308. The van der Waals surface area contributed by atoms with Gasteiger partial charge in [-0.3, -0.25) is 19.3 Å². The number of furan rings is 1. The van der Waals surface area contributed by atoms with Crippen molar-refractivity contribution in [2.24, 2.45) is 5.16 Å². The van der Waals surface area contributed by atoms with Gasteiger partial charge in [0.2, 0.25) is 5.43 Å². The van der Waals surface area contributed by atoms with Gasteiger partial charge < -0.3 is 25.4 Å². The van der Waals surface area contributed by atoms with Crippen molar-refractivity contribution in [2.75, 3.05) is 11.5 Å². The number of rotatable bonds is 9. The summed E-state index contributed by atoms with van der Waals surface area (Å²) in [4.78, 5) is 61.8. The highest BCUT2D eigenvalue weighted by molar-refractivity contribution is 8.04. The number of β-lactam (4-membered cyclic amide) rings is 1. The summed E-state index contributed by atoms with van der Waals surface area (Å²) in [5.41, 5.74) is 6.27. The van der Waals surface area contributed by atoms with Crippen LogP contribution in [0.25, 0.3) is 10.3 Å². The number of fused-ring (bicyclic) bond motifs is 2. The summed E-state index contributed by atoms with van der Waals surface area (Å²) in [6.07, 6.45) is 6.72. The second-order valence-electron chi connectivity index (χ2n) is 9.53. The van der Waals surface area contributed by atoms with Crippen LogP contribution in [-0.4, -0.2) is 61.8 Å². The number of nitrogens with two attached hydrogens (primary N) is 1. The van der Waals surface area contributed by atoms with Gasteiger partial charge in [0, 0.05) is 17.2 Å². The highest BCUT2D eigenvalue weighted by Crippen LogP contribution is 2.41. The Morgan fingerprint density at radius 3 is 2.86 bits per heavy atom. The lowest BCUT2D eigenvalue weighted by atomic mass is 10.0. The fourth-order valence-corrected chi connectivity index (χ4v) is 8.60. The van der Waals surface area contributed by atoms with Gasteiger partial charge in [0.1, 0.15) is 28.9 Å². The van der Waals surface area contributed by atoms with Crippen LogP contribution in [0.15, 0.2) is 65.1 Å². The molecular weight excluding hydrogens is 623 g/mol. The van der Waals surface area contributed by atoms with Gasteiger partial charge in [-0.05, 0) is 48.8 Å². The number of hydrogen-bond acceptors (Lipinski definition) is 13. The number of allylic oxidation sites excluding steroid dienone is 1. The molecule has 2 atom stereocenters. The number of amides is 2. The predicted molar refractivity (Wildman–Crippen MR) is 161 cm³/mol. The van der Waals surface area contributed by atoms with Crippen LogP contribution < -0.4 is 16.5 Å². The maximum Gasteiger partial charge on any atom is 0.352 e. The van der Waals surface area contributed by atoms with Gasteiger partial charge in [-0.1, -0.05) is 16.9 Å². The molecule has 1 saturated carbocycles. The lowest BCUT2D eigenvalue weighted by Crippen LogP contribution is -2.71. The minimum absolute atomic E-state index is 0.0903. The van der Waals surface area contributed by atoms with E-state index in [1.54, 1.807) is 22.9 Å². The third-order valence-corrected chi connectivity index (χ3v) is 10.8. The number of nitrogens with one attached hydrogen (secondary N) is 1. The van der Waals surface area contributed by atoms with Gasteiger partial charge in [-0.15, -0.1) is 34.4 Å². The summed E-state index contributed by atoms with van der Waals surface area (Å²) >= 11 is 5.13. The second kappa shape index (κ2) is 11.9. The van der Waals surface area contributed by atoms with Crippen molar-refractivity contribution in [1.29, 1.82) is 0 Å². The predicted octanol–water partition coefficient (Wildman–Crippen LogP) is 3.60.